The molecule has 0 saturated carbocycles. The SMILES string of the molecule is Br.CN1[C@@H]2CC(OC(=O)[C@H](CO)c3ccccc3)C[C@H]1[C@@H]1O[C@@H]12.CO. The van der Waals surface area contributed by atoms with Gasteiger partial charge in [-0.1, -0.05) is 30.3 Å². The maximum absolute atomic E-state index is 12.4. The number of ether oxygens (including phenoxy) is 2. The number of esters is 1. The number of piperidine rings is 1. The highest BCUT2D eigenvalue weighted by Gasteiger charge is 2.62. The normalized spacial score (nSPS) is 33.2. The number of carbonyl (C=O) groups is 1. The second-order valence-electron chi connectivity index (χ2n) is 6.54. The number of fused-ring (bicyclic) bond motifs is 5. The Morgan fingerprint density at radius 2 is 1.80 bits per heavy atom. The number of nitrogens with zero attached hydrogens (tertiary/aromatic N) is 1. The number of halogens is 1. The Morgan fingerprint density at radius 1 is 1.24 bits per heavy atom. The number of benzene rings is 1. The van der Waals surface area contributed by atoms with Gasteiger partial charge in [0.25, 0.3) is 0 Å². The molecule has 140 valence electrons. The summed E-state index contributed by atoms with van der Waals surface area (Å²) in [4.78, 5) is 14.8. The summed E-state index contributed by atoms with van der Waals surface area (Å²) in [5.41, 5.74) is 0.803. The van der Waals surface area contributed by atoms with E-state index in [1.807, 2.05) is 30.3 Å². The number of hydrogen-bond acceptors (Lipinski definition) is 6. The van der Waals surface area contributed by atoms with Crippen molar-refractivity contribution in [1.29, 1.82) is 0 Å². The summed E-state index contributed by atoms with van der Waals surface area (Å²) in [6.45, 7) is -0.226. The first-order valence-corrected chi connectivity index (χ1v) is 8.37. The minimum absolute atomic E-state index is 0. The number of rotatable bonds is 4. The quantitative estimate of drug-likeness (QED) is 0.565. The van der Waals surface area contributed by atoms with Crippen LogP contribution in [0, 0.1) is 0 Å². The first kappa shape index (κ1) is 20.3. The van der Waals surface area contributed by atoms with Crippen molar-refractivity contribution in [1.82, 2.24) is 4.90 Å². The maximum Gasteiger partial charge on any atom is 0.316 e. The van der Waals surface area contributed by atoms with Crippen molar-refractivity contribution in [3.63, 3.8) is 0 Å². The third kappa shape index (κ3) is 3.90. The molecule has 3 aliphatic heterocycles. The highest BCUT2D eigenvalue weighted by Crippen LogP contribution is 2.48. The van der Waals surface area contributed by atoms with E-state index >= 15 is 0 Å². The molecule has 3 aliphatic rings. The molecule has 6 atom stereocenters. The van der Waals surface area contributed by atoms with Gasteiger partial charge in [-0.2, -0.15) is 0 Å². The molecule has 3 saturated heterocycles. The number of morpholine rings is 1. The van der Waals surface area contributed by atoms with Gasteiger partial charge in [-0.05, 0) is 12.6 Å². The lowest BCUT2D eigenvalue weighted by atomic mass is 9.97. The molecule has 4 rings (SSSR count). The predicted octanol–water partition coefficient (Wildman–Crippen LogP) is 1.10. The van der Waals surface area contributed by atoms with Crippen LogP contribution in [0.25, 0.3) is 0 Å². The summed E-state index contributed by atoms with van der Waals surface area (Å²) < 4.78 is 11.4. The van der Waals surface area contributed by atoms with Gasteiger partial charge in [0, 0.05) is 32.0 Å². The van der Waals surface area contributed by atoms with Crippen molar-refractivity contribution in [2.24, 2.45) is 0 Å². The van der Waals surface area contributed by atoms with Crippen molar-refractivity contribution in [3.05, 3.63) is 35.9 Å². The molecule has 25 heavy (non-hydrogen) atoms. The summed E-state index contributed by atoms with van der Waals surface area (Å²) in [6.07, 6.45) is 2.26. The molecule has 3 heterocycles. The van der Waals surface area contributed by atoms with Crippen molar-refractivity contribution in [2.75, 3.05) is 20.8 Å². The van der Waals surface area contributed by atoms with Gasteiger partial charge < -0.3 is 19.7 Å². The molecular weight excluding hydrogens is 390 g/mol. The van der Waals surface area contributed by atoms with Gasteiger partial charge in [-0.25, -0.2) is 0 Å². The zero-order valence-corrected chi connectivity index (χ0v) is 16.2. The molecule has 1 unspecified atom stereocenters. The van der Waals surface area contributed by atoms with Gasteiger partial charge in [0.1, 0.15) is 24.2 Å². The molecule has 3 fully saturated rings. The predicted molar refractivity (Wildman–Crippen MR) is 97.8 cm³/mol. The highest BCUT2D eigenvalue weighted by molar-refractivity contribution is 8.93. The maximum atomic E-state index is 12.4. The molecule has 2 N–H and O–H groups in total. The standard InChI is InChI=1S/C17H21NO4.CH4O.BrH/c1-18-13-7-11(8-14(18)16-15(13)22-16)21-17(20)12(9-19)10-5-3-2-4-6-10;1-2;/h2-6,11-16,19H,7-9H2,1H3;2H,1H3;1H/t11?,12-,13-,14+,15-,16+;;/m1../s1. The number of hydrogen-bond donors (Lipinski definition) is 2. The second kappa shape index (κ2) is 8.60. The monoisotopic (exact) mass is 415 g/mol. The van der Waals surface area contributed by atoms with E-state index in [4.69, 9.17) is 14.6 Å². The Kier molecular flexibility index (Phi) is 6.99. The van der Waals surface area contributed by atoms with Crippen LogP contribution >= 0.6 is 17.0 Å². The van der Waals surface area contributed by atoms with Crippen molar-refractivity contribution in [2.45, 2.75) is 49.2 Å². The average molecular weight is 416 g/mol. The van der Waals surface area contributed by atoms with E-state index in [0.717, 1.165) is 25.5 Å². The molecule has 2 bridgehead atoms. The first-order chi connectivity index (χ1) is 11.7. The van der Waals surface area contributed by atoms with Crippen LogP contribution in [0.5, 0.6) is 0 Å². The van der Waals surface area contributed by atoms with E-state index in [2.05, 4.69) is 11.9 Å². The summed E-state index contributed by atoms with van der Waals surface area (Å²) in [7, 11) is 3.13. The number of carbonyl (C=O) groups excluding carboxylic acids is 1. The van der Waals surface area contributed by atoms with Gasteiger partial charge in [-0.3, -0.25) is 9.69 Å². The largest absolute Gasteiger partial charge is 0.462 e. The zero-order chi connectivity index (χ0) is 17.3. The van der Waals surface area contributed by atoms with E-state index < -0.39 is 5.92 Å². The van der Waals surface area contributed by atoms with E-state index in [1.54, 1.807) is 0 Å². The molecule has 0 radical (unpaired) electrons. The van der Waals surface area contributed by atoms with Crippen LogP contribution in [0.15, 0.2) is 30.3 Å². The van der Waals surface area contributed by atoms with E-state index in [0.29, 0.717) is 24.3 Å². The van der Waals surface area contributed by atoms with Crippen molar-refractivity contribution < 1.29 is 24.5 Å². The first-order valence-electron chi connectivity index (χ1n) is 8.37. The molecule has 1 aromatic carbocycles. The Balaban J connectivity index is 0.000000726. The summed E-state index contributed by atoms with van der Waals surface area (Å²) in [5.74, 6) is -0.915. The minimum Gasteiger partial charge on any atom is -0.462 e. The fourth-order valence-electron chi connectivity index (χ4n) is 4.04. The van der Waals surface area contributed by atoms with Crippen molar-refractivity contribution >= 4 is 23.0 Å². The van der Waals surface area contributed by atoms with E-state index in [-0.39, 0.29) is 35.7 Å². The van der Waals surface area contributed by atoms with Crippen LogP contribution in [0.3, 0.4) is 0 Å². The van der Waals surface area contributed by atoms with Gasteiger partial charge in [0.15, 0.2) is 0 Å². The fraction of sp³-hybridized carbons (Fsp3) is 0.611. The van der Waals surface area contributed by atoms with E-state index in [9.17, 15) is 9.90 Å². The number of epoxide rings is 1. The Labute approximate surface area is 158 Å². The van der Waals surface area contributed by atoms with Gasteiger partial charge in [0.05, 0.1) is 6.61 Å². The lowest BCUT2D eigenvalue weighted by Crippen LogP contribution is -2.48. The van der Waals surface area contributed by atoms with Crippen LogP contribution < -0.4 is 0 Å². The Bertz CT molecular complexity index is 554. The van der Waals surface area contributed by atoms with Crippen LogP contribution in [-0.4, -0.2) is 72.2 Å². The second-order valence-corrected chi connectivity index (χ2v) is 6.54. The molecule has 0 aromatic heterocycles. The third-order valence-electron chi connectivity index (χ3n) is 5.33. The van der Waals surface area contributed by atoms with E-state index in [1.165, 1.54) is 0 Å². The molecule has 0 aliphatic carbocycles. The minimum atomic E-state index is -0.593. The average Bonchev–Trinajstić information content (AvgIpc) is 3.36. The Hall–Kier alpha value is -0.990. The smallest absolute Gasteiger partial charge is 0.316 e. The molecular formula is C18H26BrNO5. The molecule has 0 amide bonds. The summed E-state index contributed by atoms with van der Waals surface area (Å²) >= 11 is 0. The number of aliphatic hydroxyl groups is 2. The van der Waals surface area contributed by atoms with Crippen molar-refractivity contribution in [3.8, 4) is 0 Å². The molecule has 6 nitrogen and oxygen atoms in total. The third-order valence-corrected chi connectivity index (χ3v) is 5.33. The summed E-state index contributed by atoms with van der Waals surface area (Å²) in [6, 6.07) is 10.1. The van der Waals surface area contributed by atoms with Crippen LogP contribution in [-0.2, 0) is 14.3 Å². The lowest BCUT2D eigenvalue weighted by Gasteiger charge is -2.38. The topological polar surface area (TPSA) is 82.5 Å². The highest BCUT2D eigenvalue weighted by atomic mass is 79.9. The molecule has 1 aromatic rings. The lowest BCUT2D eigenvalue weighted by molar-refractivity contribution is -0.156. The van der Waals surface area contributed by atoms with Gasteiger partial charge in [-0.15, -0.1) is 17.0 Å². The van der Waals surface area contributed by atoms with Crippen LogP contribution in [0.4, 0.5) is 0 Å². The zero-order valence-electron chi connectivity index (χ0n) is 14.4. The van der Waals surface area contributed by atoms with Gasteiger partial charge in [0.2, 0.25) is 0 Å². The molecule has 7 heteroatoms. The fourth-order valence-corrected chi connectivity index (χ4v) is 4.04. The Morgan fingerprint density at radius 3 is 2.32 bits per heavy atom. The van der Waals surface area contributed by atoms with Crippen LogP contribution in [0.2, 0.25) is 0 Å². The van der Waals surface area contributed by atoms with Crippen LogP contribution in [0.1, 0.15) is 24.3 Å². The number of likely N-dealkylation sites (N-methyl/N-ethyl adjacent to an activating group) is 1. The molecule has 0 spiro atoms. The summed E-state index contributed by atoms with van der Waals surface area (Å²) in [5, 5.41) is 16.6. The van der Waals surface area contributed by atoms with Gasteiger partial charge >= 0.3 is 5.97 Å². The number of aliphatic hydroxyl groups excluding tert-OH is 2.